The molecule has 4 rings (SSSR count). The van der Waals surface area contributed by atoms with E-state index >= 15 is 0 Å². The number of rotatable bonds is 4. The Hall–Kier alpha value is -2.02. The molecule has 0 aliphatic carbocycles. The number of nitrogens with zero attached hydrogens (tertiary/aromatic N) is 3. The summed E-state index contributed by atoms with van der Waals surface area (Å²) in [4.78, 5) is 27.1. The Bertz CT molecular complexity index is 1010. The highest BCUT2D eigenvalue weighted by Crippen LogP contribution is 2.26. The van der Waals surface area contributed by atoms with E-state index in [1.54, 1.807) is 11.3 Å². The van der Waals surface area contributed by atoms with Crippen LogP contribution in [0.15, 0.2) is 34.4 Å². The Balaban J connectivity index is 1.49. The molecular formula is C20H21ClN4OS. The molecule has 0 radical (unpaired) electrons. The van der Waals surface area contributed by atoms with Crippen LogP contribution in [-0.2, 0) is 19.5 Å². The van der Waals surface area contributed by atoms with Crippen LogP contribution in [0.25, 0.3) is 10.6 Å². The predicted molar refractivity (Wildman–Crippen MR) is 109 cm³/mol. The summed E-state index contributed by atoms with van der Waals surface area (Å²) in [5, 5.41) is 3.80. The minimum absolute atomic E-state index is 0.00599. The molecule has 1 aromatic carbocycles. The van der Waals surface area contributed by atoms with Crippen molar-refractivity contribution in [3.63, 3.8) is 0 Å². The quantitative estimate of drug-likeness (QED) is 0.711. The van der Waals surface area contributed by atoms with E-state index in [0.717, 1.165) is 57.9 Å². The Kier molecular flexibility index (Phi) is 5.12. The van der Waals surface area contributed by atoms with Gasteiger partial charge in [0.05, 0.1) is 17.0 Å². The van der Waals surface area contributed by atoms with E-state index in [-0.39, 0.29) is 11.5 Å². The zero-order valence-electron chi connectivity index (χ0n) is 15.3. The third kappa shape index (κ3) is 3.98. The highest BCUT2D eigenvalue weighted by molar-refractivity contribution is 7.13. The van der Waals surface area contributed by atoms with Crippen molar-refractivity contribution in [3.8, 4) is 10.6 Å². The van der Waals surface area contributed by atoms with Gasteiger partial charge in [-0.15, -0.1) is 11.3 Å². The molecule has 0 atom stereocenters. The normalized spacial score (nSPS) is 14.5. The van der Waals surface area contributed by atoms with Crippen molar-refractivity contribution in [2.75, 3.05) is 6.54 Å². The van der Waals surface area contributed by atoms with Gasteiger partial charge in [-0.1, -0.05) is 37.6 Å². The lowest BCUT2D eigenvalue weighted by atomic mass is 10.1. The van der Waals surface area contributed by atoms with Crippen molar-refractivity contribution in [2.24, 2.45) is 0 Å². The van der Waals surface area contributed by atoms with Crippen molar-refractivity contribution < 1.29 is 0 Å². The van der Waals surface area contributed by atoms with Crippen LogP contribution < -0.4 is 5.56 Å². The molecule has 0 spiro atoms. The summed E-state index contributed by atoms with van der Waals surface area (Å²) in [5.74, 6) is 1.00. The maximum atomic E-state index is 12.5. The van der Waals surface area contributed by atoms with E-state index in [9.17, 15) is 4.79 Å². The van der Waals surface area contributed by atoms with Crippen LogP contribution in [0, 0.1) is 0 Å². The lowest BCUT2D eigenvalue weighted by Crippen LogP contribution is -2.36. The SMILES string of the molecule is CC(C)c1nc2c(c(=O)[nH]1)CN(Cc1csc(-c3ccc(Cl)cc3)n1)CC2. The van der Waals surface area contributed by atoms with E-state index in [2.05, 4.69) is 20.2 Å². The first-order chi connectivity index (χ1) is 13.0. The molecular weight excluding hydrogens is 380 g/mol. The van der Waals surface area contributed by atoms with Crippen LogP contribution >= 0.6 is 22.9 Å². The minimum Gasteiger partial charge on any atom is -0.310 e. The molecule has 3 heterocycles. The number of hydrogen-bond donors (Lipinski definition) is 1. The lowest BCUT2D eigenvalue weighted by molar-refractivity contribution is 0.239. The zero-order valence-corrected chi connectivity index (χ0v) is 16.9. The predicted octanol–water partition coefficient (Wildman–Crippen LogP) is 4.23. The van der Waals surface area contributed by atoms with Gasteiger partial charge in [0, 0.05) is 47.9 Å². The molecule has 2 aromatic heterocycles. The average Bonchev–Trinajstić information content (AvgIpc) is 3.11. The minimum atomic E-state index is -0.00599. The van der Waals surface area contributed by atoms with Crippen LogP contribution in [0.1, 0.15) is 42.5 Å². The summed E-state index contributed by atoms with van der Waals surface area (Å²) in [6.07, 6.45) is 0.799. The Labute approximate surface area is 167 Å². The van der Waals surface area contributed by atoms with E-state index in [0.29, 0.717) is 6.54 Å². The number of halogens is 1. The number of aromatic nitrogens is 3. The number of H-pyrrole nitrogens is 1. The summed E-state index contributed by atoms with van der Waals surface area (Å²) in [6, 6.07) is 7.73. The number of aromatic amines is 1. The monoisotopic (exact) mass is 400 g/mol. The molecule has 0 amide bonds. The van der Waals surface area contributed by atoms with E-state index in [4.69, 9.17) is 16.6 Å². The molecule has 0 fully saturated rings. The second kappa shape index (κ2) is 7.54. The van der Waals surface area contributed by atoms with Gasteiger partial charge in [-0.3, -0.25) is 9.69 Å². The molecule has 27 heavy (non-hydrogen) atoms. The lowest BCUT2D eigenvalue weighted by Gasteiger charge is -2.27. The van der Waals surface area contributed by atoms with Gasteiger partial charge in [-0.05, 0) is 12.1 Å². The molecule has 3 aromatic rings. The number of hydrogen-bond acceptors (Lipinski definition) is 5. The summed E-state index contributed by atoms with van der Waals surface area (Å²) in [5.41, 5.74) is 3.82. The molecule has 7 heteroatoms. The first kappa shape index (κ1) is 18.3. The van der Waals surface area contributed by atoms with E-state index in [1.165, 1.54) is 0 Å². The second-order valence-corrected chi connectivity index (χ2v) is 8.44. The van der Waals surface area contributed by atoms with Gasteiger partial charge in [0.2, 0.25) is 0 Å². The van der Waals surface area contributed by atoms with Crippen molar-refractivity contribution in [2.45, 2.75) is 39.3 Å². The second-order valence-electron chi connectivity index (χ2n) is 7.14. The van der Waals surface area contributed by atoms with E-state index in [1.807, 2.05) is 38.1 Å². The topological polar surface area (TPSA) is 61.9 Å². The molecule has 0 saturated carbocycles. The number of benzene rings is 1. The fraction of sp³-hybridized carbons (Fsp3) is 0.350. The van der Waals surface area contributed by atoms with Crippen molar-refractivity contribution in [3.05, 3.63) is 67.8 Å². The molecule has 5 nitrogen and oxygen atoms in total. The highest BCUT2D eigenvalue weighted by atomic mass is 35.5. The number of thiazole rings is 1. The number of fused-ring (bicyclic) bond motifs is 1. The maximum Gasteiger partial charge on any atom is 0.255 e. The molecule has 1 aliphatic heterocycles. The van der Waals surface area contributed by atoms with Crippen LogP contribution in [0.3, 0.4) is 0 Å². The Morgan fingerprint density at radius 3 is 2.78 bits per heavy atom. The van der Waals surface area contributed by atoms with Crippen LogP contribution in [0.4, 0.5) is 0 Å². The molecule has 1 N–H and O–H groups in total. The van der Waals surface area contributed by atoms with Gasteiger partial charge < -0.3 is 4.98 Å². The zero-order chi connectivity index (χ0) is 19.0. The van der Waals surface area contributed by atoms with Gasteiger partial charge in [0.25, 0.3) is 5.56 Å². The fourth-order valence-corrected chi connectivity index (χ4v) is 4.19. The standard InChI is InChI=1S/C20H21ClN4OS/c1-12(2)18-23-17-7-8-25(10-16(17)19(26)24-18)9-15-11-27-20(22-15)13-3-5-14(21)6-4-13/h3-6,11-12H,7-10H2,1-2H3,(H,23,24,26). The molecule has 140 valence electrons. The smallest absolute Gasteiger partial charge is 0.255 e. The Morgan fingerprint density at radius 2 is 2.04 bits per heavy atom. The summed E-state index contributed by atoms with van der Waals surface area (Å²) in [6.45, 7) is 6.31. The third-order valence-corrected chi connectivity index (χ3v) is 5.93. The van der Waals surface area contributed by atoms with Crippen molar-refractivity contribution in [1.29, 1.82) is 0 Å². The maximum absolute atomic E-state index is 12.5. The molecule has 1 aliphatic rings. The number of nitrogens with one attached hydrogen (secondary N) is 1. The summed E-state index contributed by atoms with van der Waals surface area (Å²) >= 11 is 7.59. The third-order valence-electron chi connectivity index (χ3n) is 4.74. The largest absolute Gasteiger partial charge is 0.310 e. The van der Waals surface area contributed by atoms with Gasteiger partial charge in [-0.2, -0.15) is 0 Å². The van der Waals surface area contributed by atoms with Crippen molar-refractivity contribution in [1.82, 2.24) is 19.9 Å². The van der Waals surface area contributed by atoms with Gasteiger partial charge in [-0.25, -0.2) is 9.97 Å². The van der Waals surface area contributed by atoms with Gasteiger partial charge in [0.15, 0.2) is 0 Å². The molecule has 0 unspecified atom stereocenters. The van der Waals surface area contributed by atoms with Crippen LogP contribution in [0.2, 0.25) is 5.02 Å². The van der Waals surface area contributed by atoms with Crippen LogP contribution in [0.5, 0.6) is 0 Å². The van der Waals surface area contributed by atoms with Crippen molar-refractivity contribution >= 4 is 22.9 Å². The summed E-state index contributed by atoms with van der Waals surface area (Å²) in [7, 11) is 0. The molecule has 0 saturated heterocycles. The van der Waals surface area contributed by atoms with Gasteiger partial charge >= 0.3 is 0 Å². The van der Waals surface area contributed by atoms with Gasteiger partial charge in [0.1, 0.15) is 10.8 Å². The van der Waals surface area contributed by atoms with Crippen LogP contribution in [-0.4, -0.2) is 26.4 Å². The first-order valence-electron chi connectivity index (χ1n) is 9.04. The highest BCUT2D eigenvalue weighted by Gasteiger charge is 2.22. The summed E-state index contributed by atoms with van der Waals surface area (Å²) < 4.78 is 0. The average molecular weight is 401 g/mol. The fourth-order valence-electron chi connectivity index (χ4n) is 3.24. The molecule has 0 bridgehead atoms. The first-order valence-corrected chi connectivity index (χ1v) is 10.3. The Morgan fingerprint density at radius 1 is 1.26 bits per heavy atom. The van der Waals surface area contributed by atoms with E-state index < -0.39 is 0 Å².